The van der Waals surface area contributed by atoms with Gasteiger partial charge in [-0.1, -0.05) is 0 Å². The van der Waals surface area contributed by atoms with E-state index in [0.29, 0.717) is 23.0 Å². The fourth-order valence-electron chi connectivity index (χ4n) is 6.02. The number of hydrogen-bond donors (Lipinski definition) is 0. The minimum absolute atomic E-state index is 0.111. The zero-order valence-electron chi connectivity index (χ0n) is 12.6. The monoisotopic (exact) mass is 548 g/mol. The first kappa shape index (κ1) is 15.0. The largest absolute Gasteiger partial charge is 0.374 e. The van der Waals surface area contributed by atoms with Crippen molar-refractivity contribution < 1.29 is 19.1 Å². The number of carbonyl (C=O) groups excluding carboxylic acids is 2. The maximum Gasteiger partial charge on any atom is 0.171 e. The number of hydrogen-bond acceptors (Lipinski definition) is 4. The van der Waals surface area contributed by atoms with E-state index in [1.807, 2.05) is 12.1 Å². The average molecular weight is 548 g/mol. The second-order valence-electron chi connectivity index (χ2n) is 7.60. The Morgan fingerprint density at radius 1 is 0.875 bits per heavy atom. The molecule has 0 radical (unpaired) electrons. The van der Waals surface area contributed by atoms with Crippen LogP contribution < -0.4 is 0 Å². The molecule has 4 aliphatic heterocycles. The number of fused-ring (bicyclic) bond motifs is 13. The summed E-state index contributed by atoms with van der Waals surface area (Å²) in [5.74, 6) is 0.259. The average Bonchev–Trinajstić information content (AvgIpc) is 3.28. The van der Waals surface area contributed by atoms with Crippen LogP contribution in [0.3, 0.4) is 0 Å². The number of rotatable bonds is 0. The van der Waals surface area contributed by atoms with Crippen LogP contribution in [0.15, 0.2) is 12.1 Å². The molecule has 4 saturated heterocycles. The van der Waals surface area contributed by atoms with Crippen LogP contribution in [0.1, 0.15) is 33.6 Å². The quantitative estimate of drug-likeness (QED) is 0.469. The van der Waals surface area contributed by atoms with Crippen molar-refractivity contribution in [3.05, 3.63) is 30.4 Å². The maximum atomic E-state index is 13.3. The van der Waals surface area contributed by atoms with E-state index in [-0.39, 0.29) is 47.8 Å². The molecule has 1 aromatic carbocycles. The van der Waals surface area contributed by atoms with Crippen LogP contribution >= 0.6 is 45.2 Å². The standard InChI is InChI=1S/C18H14I2O4/c19-5-3-6-10(7(20)4-5)16(22)14-13(15(6)21)17-11-8-1-2-9(23-8)12(11)18(14)24-17/h3-4,8-9,11-14,17-18H,1-2H2. The van der Waals surface area contributed by atoms with Gasteiger partial charge in [-0.05, 0) is 70.2 Å². The van der Waals surface area contributed by atoms with Crippen molar-refractivity contribution in [2.45, 2.75) is 37.3 Å². The molecule has 0 N–H and O–H groups in total. The third kappa shape index (κ3) is 1.63. The van der Waals surface area contributed by atoms with E-state index in [0.717, 1.165) is 20.0 Å². The smallest absolute Gasteiger partial charge is 0.171 e. The Bertz CT molecular complexity index is 821. The molecule has 0 aromatic heterocycles. The molecular weight excluding hydrogens is 534 g/mol. The molecule has 4 fully saturated rings. The zero-order chi connectivity index (χ0) is 16.3. The van der Waals surface area contributed by atoms with Crippen LogP contribution in [0.5, 0.6) is 0 Å². The highest BCUT2D eigenvalue weighted by atomic mass is 127. The lowest BCUT2D eigenvalue weighted by atomic mass is 9.58. The highest BCUT2D eigenvalue weighted by Crippen LogP contribution is 2.62. The number of ketones is 2. The van der Waals surface area contributed by atoms with Gasteiger partial charge in [0.15, 0.2) is 11.6 Å². The van der Waals surface area contributed by atoms with Gasteiger partial charge in [-0.3, -0.25) is 9.59 Å². The molecule has 4 bridgehead atoms. The fourth-order valence-corrected chi connectivity index (χ4v) is 8.13. The van der Waals surface area contributed by atoms with Crippen LogP contribution in [-0.2, 0) is 9.47 Å². The van der Waals surface area contributed by atoms with Crippen LogP contribution in [0.25, 0.3) is 0 Å². The minimum atomic E-state index is -0.298. The first-order valence-electron chi connectivity index (χ1n) is 8.44. The second kappa shape index (κ2) is 4.80. The third-order valence-electron chi connectivity index (χ3n) is 6.73. The molecule has 8 unspecified atom stereocenters. The molecule has 0 spiro atoms. The van der Waals surface area contributed by atoms with Crippen molar-refractivity contribution in [2.24, 2.45) is 23.7 Å². The van der Waals surface area contributed by atoms with E-state index in [9.17, 15) is 9.59 Å². The first-order valence-corrected chi connectivity index (χ1v) is 10.6. The van der Waals surface area contributed by atoms with Gasteiger partial charge in [-0.25, -0.2) is 0 Å². The molecule has 1 aromatic rings. The van der Waals surface area contributed by atoms with E-state index in [1.54, 1.807) is 0 Å². The van der Waals surface area contributed by atoms with Gasteiger partial charge in [0.2, 0.25) is 0 Å². The highest BCUT2D eigenvalue weighted by molar-refractivity contribution is 14.1. The second-order valence-corrected chi connectivity index (χ2v) is 10.0. The highest BCUT2D eigenvalue weighted by Gasteiger charge is 2.71. The van der Waals surface area contributed by atoms with Gasteiger partial charge in [-0.2, -0.15) is 0 Å². The Morgan fingerprint density at radius 3 is 2.17 bits per heavy atom. The van der Waals surface area contributed by atoms with E-state index >= 15 is 0 Å². The van der Waals surface area contributed by atoms with Gasteiger partial charge >= 0.3 is 0 Å². The maximum absolute atomic E-state index is 13.3. The Kier molecular flexibility index (Phi) is 3.01. The summed E-state index contributed by atoms with van der Waals surface area (Å²) in [4.78, 5) is 26.5. The Morgan fingerprint density at radius 2 is 1.50 bits per heavy atom. The Balaban J connectivity index is 1.52. The van der Waals surface area contributed by atoms with E-state index in [2.05, 4.69) is 45.2 Å². The molecule has 4 heterocycles. The van der Waals surface area contributed by atoms with Crippen molar-refractivity contribution in [1.82, 2.24) is 0 Å². The normalized spacial score (nSPS) is 47.1. The molecule has 8 atom stereocenters. The van der Waals surface area contributed by atoms with Crippen molar-refractivity contribution in [1.29, 1.82) is 0 Å². The Labute approximate surface area is 166 Å². The summed E-state index contributed by atoms with van der Waals surface area (Å²) in [6, 6.07) is 3.85. The third-order valence-corrected chi connectivity index (χ3v) is 8.20. The van der Waals surface area contributed by atoms with Crippen molar-refractivity contribution in [3.63, 3.8) is 0 Å². The van der Waals surface area contributed by atoms with Crippen molar-refractivity contribution in [3.8, 4) is 0 Å². The summed E-state index contributed by atoms with van der Waals surface area (Å²) in [6.45, 7) is 0. The van der Waals surface area contributed by atoms with E-state index in [4.69, 9.17) is 9.47 Å². The van der Waals surface area contributed by atoms with Crippen LogP contribution in [0, 0.1) is 30.8 Å². The number of Topliss-reactive ketones (excluding diaryl/α,β-unsaturated/α-hetero) is 2. The molecule has 124 valence electrons. The SMILES string of the molecule is O=C1c2cc(I)cc(I)c2C(=O)C2C3OC(C12)C1C2CCC(O2)C31. The van der Waals surface area contributed by atoms with Gasteiger partial charge in [0, 0.05) is 30.1 Å². The molecule has 4 nitrogen and oxygen atoms in total. The van der Waals surface area contributed by atoms with Gasteiger partial charge in [0.05, 0.1) is 36.3 Å². The molecule has 0 saturated carbocycles. The lowest BCUT2D eigenvalue weighted by molar-refractivity contribution is 0.000265. The summed E-state index contributed by atoms with van der Waals surface area (Å²) in [6.07, 6.45) is 2.36. The van der Waals surface area contributed by atoms with Crippen molar-refractivity contribution in [2.75, 3.05) is 0 Å². The molecule has 6 heteroatoms. The predicted octanol–water partition coefficient (Wildman–Crippen LogP) is 3.08. The molecule has 24 heavy (non-hydrogen) atoms. The zero-order valence-corrected chi connectivity index (χ0v) is 16.9. The lowest BCUT2D eigenvalue weighted by Crippen LogP contribution is -2.52. The fraction of sp³-hybridized carbons (Fsp3) is 0.556. The van der Waals surface area contributed by atoms with Crippen LogP contribution in [0.2, 0.25) is 0 Å². The summed E-state index contributed by atoms with van der Waals surface area (Å²) in [5, 5.41) is 0. The molecular formula is C18H14I2O4. The topological polar surface area (TPSA) is 52.6 Å². The Hall–Kier alpha value is -0.0600. The van der Waals surface area contributed by atoms with Crippen molar-refractivity contribution >= 4 is 56.7 Å². The summed E-state index contributed by atoms with van der Waals surface area (Å²) < 4.78 is 14.3. The summed E-state index contributed by atoms with van der Waals surface area (Å²) in [7, 11) is 0. The molecule has 6 rings (SSSR count). The number of halogens is 2. The molecule has 0 amide bonds. The van der Waals surface area contributed by atoms with Gasteiger partial charge in [-0.15, -0.1) is 0 Å². The van der Waals surface area contributed by atoms with E-state index < -0.39 is 0 Å². The van der Waals surface area contributed by atoms with Crippen LogP contribution in [0.4, 0.5) is 0 Å². The molecule has 5 aliphatic rings. The number of ether oxygens (including phenoxy) is 2. The van der Waals surface area contributed by atoms with Crippen LogP contribution in [-0.4, -0.2) is 36.0 Å². The summed E-state index contributed by atoms with van der Waals surface area (Å²) >= 11 is 4.40. The van der Waals surface area contributed by atoms with Gasteiger partial charge in [0.25, 0.3) is 0 Å². The van der Waals surface area contributed by atoms with Gasteiger partial charge < -0.3 is 9.47 Å². The molecule has 1 aliphatic carbocycles. The van der Waals surface area contributed by atoms with E-state index in [1.165, 1.54) is 0 Å². The predicted molar refractivity (Wildman–Crippen MR) is 101 cm³/mol. The number of carbonyl (C=O) groups is 2. The van der Waals surface area contributed by atoms with Gasteiger partial charge in [0.1, 0.15) is 0 Å². The first-order chi connectivity index (χ1) is 11.6. The number of benzene rings is 1. The lowest BCUT2D eigenvalue weighted by Gasteiger charge is -2.39. The minimum Gasteiger partial charge on any atom is -0.374 e. The summed E-state index contributed by atoms with van der Waals surface area (Å²) in [5.41, 5.74) is 1.23.